The summed E-state index contributed by atoms with van der Waals surface area (Å²) in [5.41, 5.74) is -0.785. The highest BCUT2D eigenvalue weighted by Crippen LogP contribution is 2.35. The Kier molecular flexibility index (Phi) is 12.2. The molecule has 0 radical (unpaired) electrons. The van der Waals surface area contributed by atoms with Gasteiger partial charge in [-0.2, -0.15) is 0 Å². The number of unbranched alkanes of at least 4 members (excludes halogenated alkanes) is 3. The number of amides is 1. The normalized spacial score (nSPS) is 21.7. The van der Waals surface area contributed by atoms with Gasteiger partial charge in [0.2, 0.25) is 11.7 Å². The molecule has 0 saturated carbocycles. The van der Waals surface area contributed by atoms with E-state index in [9.17, 15) is 9.59 Å². The van der Waals surface area contributed by atoms with Crippen molar-refractivity contribution in [3.8, 4) is 0 Å². The number of carbonyl (C=O) groups excluding carboxylic acids is 2. The number of rotatable bonds is 15. The van der Waals surface area contributed by atoms with Gasteiger partial charge in [-0.15, -0.1) is 0 Å². The summed E-state index contributed by atoms with van der Waals surface area (Å²) in [6.45, 7) is 8.43. The Morgan fingerprint density at radius 3 is 2.32 bits per heavy atom. The van der Waals surface area contributed by atoms with E-state index in [1.807, 2.05) is 6.92 Å². The van der Waals surface area contributed by atoms with Crippen LogP contribution in [-0.2, 0) is 24.1 Å². The zero-order valence-corrected chi connectivity index (χ0v) is 17.8. The van der Waals surface area contributed by atoms with Crippen molar-refractivity contribution < 1.29 is 24.1 Å². The van der Waals surface area contributed by atoms with Gasteiger partial charge in [0.1, 0.15) is 11.9 Å². The van der Waals surface area contributed by atoms with E-state index in [0.717, 1.165) is 57.8 Å². The van der Waals surface area contributed by atoms with Gasteiger partial charge >= 0.3 is 0 Å². The number of carbonyl (C=O) groups is 2. The van der Waals surface area contributed by atoms with Crippen LogP contribution in [0, 0.1) is 0 Å². The molecule has 7 heteroatoms. The molecule has 162 valence electrons. The molecule has 1 saturated heterocycles. The van der Waals surface area contributed by atoms with Gasteiger partial charge in [-0.1, -0.05) is 26.7 Å². The number of nitrogens with one attached hydrogen (secondary N) is 2. The summed E-state index contributed by atoms with van der Waals surface area (Å²) in [4.78, 5) is 33.6. The van der Waals surface area contributed by atoms with E-state index in [1.54, 1.807) is 6.08 Å². The molecule has 1 aliphatic heterocycles. The van der Waals surface area contributed by atoms with Crippen molar-refractivity contribution in [3.63, 3.8) is 0 Å². The summed E-state index contributed by atoms with van der Waals surface area (Å²) < 4.78 is 6.10. The second kappa shape index (κ2) is 13.8. The van der Waals surface area contributed by atoms with E-state index in [2.05, 4.69) is 24.5 Å². The topological polar surface area (TPSA) is 85.9 Å². The smallest absolute Gasteiger partial charge is 0.243 e. The molecular weight excluding hydrogens is 360 g/mol. The van der Waals surface area contributed by atoms with Gasteiger partial charge in [-0.05, 0) is 38.8 Å². The molecule has 1 rings (SSSR count). The third-order valence-corrected chi connectivity index (χ3v) is 4.69. The van der Waals surface area contributed by atoms with E-state index in [4.69, 9.17) is 14.5 Å². The highest BCUT2D eigenvalue weighted by molar-refractivity contribution is 5.87. The van der Waals surface area contributed by atoms with Crippen LogP contribution in [0.2, 0.25) is 0 Å². The first kappa shape index (κ1) is 24.8. The summed E-state index contributed by atoms with van der Waals surface area (Å²) in [7, 11) is 0. The Morgan fingerprint density at radius 2 is 1.75 bits per heavy atom. The van der Waals surface area contributed by atoms with Crippen LogP contribution in [0.4, 0.5) is 0 Å². The van der Waals surface area contributed by atoms with E-state index >= 15 is 0 Å². The SMILES string of the molecule is CCCCC1(CCCC)OCC(C)(/C=C/C(=O)NCCNCCCC=O)OO1. The minimum atomic E-state index is -0.785. The third kappa shape index (κ3) is 9.78. The lowest BCUT2D eigenvalue weighted by molar-refractivity contribution is -0.503. The standard InChI is InChI=1S/C21H38N2O5/c1-4-6-11-21(12-7-5-2)26-18-20(3,27-28-21)13-10-19(25)23-16-15-22-14-8-9-17-24/h10,13,17,22H,4-9,11-12,14-16,18H2,1-3H3,(H,23,25)/b13-10+. The molecule has 1 unspecified atom stereocenters. The van der Waals surface area contributed by atoms with Gasteiger partial charge in [-0.25, -0.2) is 9.78 Å². The van der Waals surface area contributed by atoms with E-state index in [0.29, 0.717) is 26.1 Å². The summed E-state index contributed by atoms with van der Waals surface area (Å²) >= 11 is 0. The molecule has 1 aliphatic rings. The quantitative estimate of drug-likeness (QED) is 0.191. The fourth-order valence-corrected chi connectivity index (χ4v) is 2.84. The second-order valence-corrected chi connectivity index (χ2v) is 7.57. The maximum absolute atomic E-state index is 12.0. The molecule has 0 aliphatic carbocycles. The van der Waals surface area contributed by atoms with Crippen LogP contribution in [0.1, 0.15) is 72.1 Å². The Balaban J connectivity index is 2.36. The number of hydrogen-bond acceptors (Lipinski definition) is 6. The summed E-state index contributed by atoms with van der Waals surface area (Å²) in [6, 6.07) is 0. The summed E-state index contributed by atoms with van der Waals surface area (Å²) in [5, 5.41) is 5.98. The lowest BCUT2D eigenvalue weighted by Gasteiger charge is -2.42. The fourth-order valence-electron chi connectivity index (χ4n) is 2.84. The predicted molar refractivity (Wildman–Crippen MR) is 109 cm³/mol. The average Bonchev–Trinajstić information content (AvgIpc) is 2.71. The largest absolute Gasteiger partial charge is 0.351 e. The Hall–Kier alpha value is -1.28. The highest BCUT2D eigenvalue weighted by atomic mass is 17.2. The fraction of sp³-hybridized carbons (Fsp3) is 0.810. The molecule has 1 atom stereocenters. The zero-order chi connectivity index (χ0) is 20.7. The monoisotopic (exact) mass is 398 g/mol. The van der Waals surface area contributed by atoms with Gasteiger partial charge in [0, 0.05) is 38.4 Å². The molecule has 0 aromatic heterocycles. The summed E-state index contributed by atoms with van der Waals surface area (Å²) in [6.07, 6.45) is 11.2. The molecule has 2 N–H and O–H groups in total. The van der Waals surface area contributed by atoms with Gasteiger partial charge < -0.3 is 20.2 Å². The van der Waals surface area contributed by atoms with Crippen LogP contribution in [0.5, 0.6) is 0 Å². The average molecular weight is 399 g/mol. The molecule has 7 nitrogen and oxygen atoms in total. The van der Waals surface area contributed by atoms with Crippen LogP contribution < -0.4 is 10.6 Å². The van der Waals surface area contributed by atoms with Gasteiger partial charge in [-0.3, -0.25) is 4.79 Å². The van der Waals surface area contributed by atoms with Crippen molar-refractivity contribution in [2.24, 2.45) is 0 Å². The van der Waals surface area contributed by atoms with Crippen molar-refractivity contribution >= 4 is 12.2 Å². The van der Waals surface area contributed by atoms with E-state index < -0.39 is 11.4 Å². The van der Waals surface area contributed by atoms with Gasteiger partial charge in [0.15, 0.2) is 0 Å². The molecule has 28 heavy (non-hydrogen) atoms. The lowest BCUT2D eigenvalue weighted by Crippen LogP contribution is -2.50. The number of hydrogen-bond donors (Lipinski definition) is 2. The van der Waals surface area contributed by atoms with Gasteiger partial charge in [0.05, 0.1) is 6.61 Å². The van der Waals surface area contributed by atoms with Crippen molar-refractivity contribution in [1.29, 1.82) is 0 Å². The minimum absolute atomic E-state index is 0.187. The van der Waals surface area contributed by atoms with E-state index in [1.165, 1.54) is 6.08 Å². The maximum atomic E-state index is 12.0. The zero-order valence-electron chi connectivity index (χ0n) is 17.8. The first-order chi connectivity index (χ1) is 13.5. The van der Waals surface area contributed by atoms with Crippen LogP contribution in [0.3, 0.4) is 0 Å². The second-order valence-electron chi connectivity index (χ2n) is 7.57. The van der Waals surface area contributed by atoms with Crippen LogP contribution in [0.25, 0.3) is 0 Å². The minimum Gasteiger partial charge on any atom is -0.351 e. The predicted octanol–water partition coefficient (Wildman–Crippen LogP) is 3.04. The highest BCUT2D eigenvalue weighted by Gasteiger charge is 2.42. The van der Waals surface area contributed by atoms with Crippen LogP contribution >= 0.6 is 0 Å². The molecule has 0 bridgehead atoms. The Bertz CT molecular complexity index is 463. The molecule has 1 fully saturated rings. The number of aldehydes is 1. The molecule has 1 heterocycles. The van der Waals surface area contributed by atoms with Gasteiger partial charge in [0.25, 0.3) is 0 Å². The first-order valence-electron chi connectivity index (χ1n) is 10.6. The maximum Gasteiger partial charge on any atom is 0.243 e. The van der Waals surface area contributed by atoms with Crippen molar-refractivity contribution in [1.82, 2.24) is 10.6 Å². The van der Waals surface area contributed by atoms with Crippen molar-refractivity contribution in [2.45, 2.75) is 83.5 Å². The van der Waals surface area contributed by atoms with Crippen molar-refractivity contribution in [3.05, 3.63) is 12.2 Å². The summed E-state index contributed by atoms with van der Waals surface area (Å²) in [5.74, 6) is -0.856. The number of ether oxygens (including phenoxy) is 1. The molecular formula is C21H38N2O5. The van der Waals surface area contributed by atoms with E-state index in [-0.39, 0.29) is 5.91 Å². The lowest BCUT2D eigenvalue weighted by atomic mass is 10.0. The van der Waals surface area contributed by atoms with Crippen molar-refractivity contribution in [2.75, 3.05) is 26.2 Å². The molecule has 1 amide bonds. The Morgan fingerprint density at radius 1 is 1.04 bits per heavy atom. The van der Waals surface area contributed by atoms with Crippen LogP contribution in [0.15, 0.2) is 12.2 Å². The molecule has 0 spiro atoms. The third-order valence-electron chi connectivity index (χ3n) is 4.69. The Labute approximate surface area is 169 Å². The van der Waals surface area contributed by atoms with Crippen LogP contribution in [-0.4, -0.2) is 49.8 Å². The molecule has 0 aromatic rings. The first-order valence-corrected chi connectivity index (χ1v) is 10.6. The molecule has 0 aromatic carbocycles.